The van der Waals surface area contributed by atoms with Crippen LogP contribution in [0.15, 0.2) is 0 Å². The second-order valence-corrected chi connectivity index (χ2v) is 13.4. The maximum atomic E-state index is 12.3. The summed E-state index contributed by atoms with van der Waals surface area (Å²) in [5.41, 5.74) is -0.0967. The molecule has 0 aromatic carbocycles. The van der Waals surface area contributed by atoms with E-state index < -0.39 is 5.60 Å². The van der Waals surface area contributed by atoms with E-state index in [9.17, 15) is 10.2 Å². The molecule has 0 spiro atoms. The summed E-state index contributed by atoms with van der Waals surface area (Å²) < 4.78 is 0. The van der Waals surface area contributed by atoms with E-state index in [0.29, 0.717) is 29.1 Å². The van der Waals surface area contributed by atoms with E-state index in [1.165, 1.54) is 44.9 Å². The van der Waals surface area contributed by atoms with Crippen LogP contribution in [0.5, 0.6) is 0 Å². The summed E-state index contributed by atoms with van der Waals surface area (Å²) in [7, 11) is 6.32. The summed E-state index contributed by atoms with van der Waals surface area (Å²) >= 11 is 0. The first-order chi connectivity index (χ1) is 16.1. The van der Waals surface area contributed by atoms with Gasteiger partial charge < -0.3 is 15.1 Å². The highest BCUT2D eigenvalue weighted by Gasteiger charge is 2.66. The van der Waals surface area contributed by atoms with Gasteiger partial charge in [-0.3, -0.25) is 4.84 Å². The third-order valence-corrected chi connectivity index (χ3v) is 11.4. The zero-order chi connectivity index (χ0) is 24.6. The molecule has 0 aromatic heterocycles. The first kappa shape index (κ1) is 26.9. The van der Waals surface area contributed by atoms with Gasteiger partial charge in [-0.25, -0.2) is 0 Å². The number of hydrogen-bond donors (Lipinski definition) is 2. The van der Waals surface area contributed by atoms with Gasteiger partial charge in [0.1, 0.15) is 0 Å². The van der Waals surface area contributed by atoms with Crippen molar-refractivity contribution in [1.82, 2.24) is 9.96 Å². The number of fused-ring (bicyclic) bond motifs is 5. The molecule has 3 unspecified atom stereocenters. The van der Waals surface area contributed by atoms with Gasteiger partial charge in [-0.05, 0) is 139 Å². The largest absolute Gasteiger partial charge is 0.393 e. The SMILES string of the molecule is CN(C)CCCCON(C)CCCC1CC[C@@]2(O)[C@@H]3CCC4CC(O)CC[C@]4(C)[C@@H]3CC[C@]12C. The van der Waals surface area contributed by atoms with Crippen LogP contribution in [0.2, 0.25) is 0 Å². The standard InChI is InChI=1S/C29H54N2O3/c1-27-15-13-24(32)21-23(27)10-11-26-25(27)14-16-28(2)22(12-17-29(26,28)33)9-8-19-31(5)34-20-7-6-18-30(3)4/h22-26,32-33H,6-21H2,1-5H3/t22?,23?,24?,25-,26-,27+,28-,29-/m1/s1. The molecule has 2 N–H and O–H groups in total. The van der Waals surface area contributed by atoms with E-state index in [-0.39, 0.29) is 11.5 Å². The molecule has 0 heterocycles. The predicted molar refractivity (Wildman–Crippen MR) is 138 cm³/mol. The smallest absolute Gasteiger partial charge is 0.0734 e. The van der Waals surface area contributed by atoms with Crippen molar-refractivity contribution in [3.05, 3.63) is 0 Å². The van der Waals surface area contributed by atoms with Crippen molar-refractivity contribution in [1.29, 1.82) is 0 Å². The quantitative estimate of drug-likeness (QED) is 0.338. The van der Waals surface area contributed by atoms with Gasteiger partial charge in [0.2, 0.25) is 0 Å². The molecule has 0 amide bonds. The molecule has 0 aromatic rings. The minimum atomic E-state index is -0.487. The molecule has 34 heavy (non-hydrogen) atoms. The molecular weight excluding hydrogens is 424 g/mol. The molecule has 4 rings (SSSR count). The Labute approximate surface area is 209 Å². The summed E-state index contributed by atoms with van der Waals surface area (Å²) in [5, 5.41) is 24.6. The molecular formula is C29H54N2O3. The van der Waals surface area contributed by atoms with Crippen molar-refractivity contribution < 1.29 is 15.1 Å². The zero-order valence-electron chi connectivity index (χ0n) is 22.9. The van der Waals surface area contributed by atoms with E-state index >= 15 is 0 Å². The summed E-state index contributed by atoms with van der Waals surface area (Å²) in [6.45, 7) is 7.86. The Morgan fingerprint density at radius 2 is 1.65 bits per heavy atom. The second-order valence-electron chi connectivity index (χ2n) is 13.4. The van der Waals surface area contributed by atoms with Gasteiger partial charge in [0.05, 0.1) is 18.3 Å². The molecule has 5 nitrogen and oxygen atoms in total. The molecule has 4 aliphatic rings. The van der Waals surface area contributed by atoms with Crippen molar-refractivity contribution >= 4 is 0 Å². The van der Waals surface area contributed by atoms with Gasteiger partial charge in [-0.2, -0.15) is 5.06 Å². The third-order valence-electron chi connectivity index (χ3n) is 11.4. The molecule has 0 saturated heterocycles. The lowest BCUT2D eigenvalue weighted by molar-refractivity contribution is -0.210. The van der Waals surface area contributed by atoms with Crippen molar-refractivity contribution in [2.45, 2.75) is 109 Å². The molecule has 0 radical (unpaired) electrons. The minimum Gasteiger partial charge on any atom is -0.393 e. The fourth-order valence-electron chi connectivity index (χ4n) is 9.15. The number of aliphatic hydroxyl groups is 2. The number of unbranched alkanes of at least 4 members (excludes halogenated alkanes) is 1. The molecule has 8 atom stereocenters. The van der Waals surface area contributed by atoms with Crippen LogP contribution in [0.4, 0.5) is 0 Å². The monoisotopic (exact) mass is 478 g/mol. The maximum absolute atomic E-state index is 12.3. The third kappa shape index (κ3) is 4.98. The van der Waals surface area contributed by atoms with Gasteiger partial charge in [0.25, 0.3) is 0 Å². The van der Waals surface area contributed by atoms with Crippen LogP contribution in [0.3, 0.4) is 0 Å². The van der Waals surface area contributed by atoms with Crippen molar-refractivity contribution in [2.24, 2.45) is 34.5 Å². The van der Waals surface area contributed by atoms with Gasteiger partial charge in [-0.15, -0.1) is 0 Å². The van der Waals surface area contributed by atoms with Crippen LogP contribution in [-0.2, 0) is 4.84 Å². The number of hydroxylamine groups is 2. The number of rotatable bonds is 10. The lowest BCUT2D eigenvalue weighted by Gasteiger charge is -2.63. The van der Waals surface area contributed by atoms with Crippen LogP contribution in [0.1, 0.15) is 97.3 Å². The summed E-state index contributed by atoms with van der Waals surface area (Å²) in [6, 6.07) is 0. The van der Waals surface area contributed by atoms with Crippen molar-refractivity contribution in [2.75, 3.05) is 40.8 Å². The topological polar surface area (TPSA) is 56.2 Å². The van der Waals surface area contributed by atoms with Crippen LogP contribution < -0.4 is 0 Å². The Kier molecular flexibility index (Phi) is 8.41. The van der Waals surface area contributed by atoms with Gasteiger partial charge >= 0.3 is 0 Å². The highest BCUT2D eigenvalue weighted by molar-refractivity contribution is 5.16. The van der Waals surface area contributed by atoms with E-state index in [1.807, 2.05) is 5.06 Å². The average Bonchev–Trinajstić information content (AvgIpc) is 3.05. The van der Waals surface area contributed by atoms with Crippen LogP contribution in [-0.4, -0.2) is 72.7 Å². The number of nitrogens with zero attached hydrogens (tertiary/aromatic N) is 2. The Morgan fingerprint density at radius 3 is 2.41 bits per heavy atom. The Hall–Kier alpha value is -0.200. The number of hydrogen-bond acceptors (Lipinski definition) is 5. The second kappa shape index (κ2) is 10.7. The van der Waals surface area contributed by atoms with Crippen LogP contribution >= 0.6 is 0 Å². The normalized spacial score (nSPS) is 44.2. The van der Waals surface area contributed by atoms with Crippen molar-refractivity contribution in [3.8, 4) is 0 Å². The predicted octanol–water partition coefficient (Wildman–Crippen LogP) is 5.11. The van der Waals surface area contributed by atoms with Gasteiger partial charge in [0.15, 0.2) is 0 Å². The van der Waals surface area contributed by atoms with E-state index in [0.717, 1.165) is 58.2 Å². The molecule has 198 valence electrons. The van der Waals surface area contributed by atoms with Crippen LogP contribution in [0, 0.1) is 34.5 Å². The number of aliphatic hydroxyl groups excluding tert-OH is 1. The van der Waals surface area contributed by atoms with Crippen molar-refractivity contribution in [3.63, 3.8) is 0 Å². The minimum absolute atomic E-state index is 0.0666. The highest BCUT2D eigenvalue weighted by Crippen LogP contribution is 2.69. The average molecular weight is 479 g/mol. The van der Waals surface area contributed by atoms with E-state index in [1.54, 1.807) is 0 Å². The first-order valence-electron chi connectivity index (χ1n) is 14.5. The van der Waals surface area contributed by atoms with Crippen LogP contribution in [0.25, 0.3) is 0 Å². The summed E-state index contributed by atoms with van der Waals surface area (Å²) in [6.07, 6.45) is 14.7. The fraction of sp³-hybridized carbons (Fsp3) is 1.00. The highest BCUT2D eigenvalue weighted by atomic mass is 16.7. The molecule has 4 saturated carbocycles. The fourth-order valence-corrected chi connectivity index (χ4v) is 9.15. The molecule has 5 heteroatoms. The molecule has 0 bridgehead atoms. The Bertz CT molecular complexity index is 674. The first-order valence-corrected chi connectivity index (χ1v) is 14.5. The van der Waals surface area contributed by atoms with E-state index in [4.69, 9.17) is 4.84 Å². The molecule has 4 aliphatic carbocycles. The maximum Gasteiger partial charge on any atom is 0.0734 e. The van der Waals surface area contributed by atoms with Gasteiger partial charge in [-0.1, -0.05) is 13.8 Å². The Balaban J connectivity index is 1.29. The Morgan fingerprint density at radius 1 is 0.853 bits per heavy atom. The lowest BCUT2D eigenvalue weighted by Crippen LogP contribution is -2.62. The zero-order valence-corrected chi connectivity index (χ0v) is 22.9. The van der Waals surface area contributed by atoms with Gasteiger partial charge in [0, 0.05) is 13.6 Å². The summed E-state index contributed by atoms with van der Waals surface area (Å²) in [4.78, 5) is 8.16. The van der Waals surface area contributed by atoms with E-state index in [2.05, 4.69) is 39.9 Å². The molecule has 4 fully saturated rings. The summed E-state index contributed by atoms with van der Waals surface area (Å²) in [5.74, 6) is 2.38. The molecule has 0 aliphatic heterocycles. The lowest BCUT2D eigenvalue weighted by atomic mass is 9.43.